The van der Waals surface area contributed by atoms with Gasteiger partial charge >= 0.3 is 0 Å². The van der Waals surface area contributed by atoms with Gasteiger partial charge in [-0.15, -0.1) is 0 Å². The van der Waals surface area contributed by atoms with Crippen molar-refractivity contribution in [2.24, 2.45) is 5.92 Å². The first-order valence-electron chi connectivity index (χ1n) is 9.49. The number of imide groups is 1. The number of rotatable bonds is 3. The zero-order chi connectivity index (χ0) is 19.8. The van der Waals surface area contributed by atoms with Crippen LogP contribution in [0.4, 0.5) is 5.69 Å². The van der Waals surface area contributed by atoms with E-state index >= 15 is 0 Å². The highest BCUT2D eigenvalue weighted by Gasteiger charge is 2.31. The Balaban J connectivity index is 1.62. The maximum absolute atomic E-state index is 12.2. The standard InChI is InChI=1S/C22H21ClN2O3/c1-13-11-12-25(22(13)28)15-7-5-14(6-8-15)16-3-2-4-17(20(16)23)18-9-10-19(26)24-21(18)27/h2-8,13,18H,9-12H2,1H3,(H,24,26,27). The molecule has 0 saturated carbocycles. The molecule has 0 radical (unpaired) electrons. The quantitative estimate of drug-likeness (QED) is 0.800. The van der Waals surface area contributed by atoms with Crippen molar-refractivity contribution < 1.29 is 14.4 Å². The zero-order valence-corrected chi connectivity index (χ0v) is 16.3. The van der Waals surface area contributed by atoms with E-state index in [0.717, 1.165) is 35.3 Å². The van der Waals surface area contributed by atoms with Crippen molar-refractivity contribution in [2.45, 2.75) is 32.1 Å². The Hall–Kier alpha value is -2.66. The Bertz CT molecular complexity index is 955. The van der Waals surface area contributed by atoms with E-state index in [1.807, 2.05) is 54.3 Å². The maximum atomic E-state index is 12.2. The number of anilines is 1. The minimum atomic E-state index is -0.423. The van der Waals surface area contributed by atoms with E-state index in [1.165, 1.54) is 0 Å². The van der Waals surface area contributed by atoms with E-state index in [0.29, 0.717) is 17.9 Å². The Morgan fingerprint density at radius 1 is 1.04 bits per heavy atom. The lowest BCUT2D eigenvalue weighted by Crippen LogP contribution is -2.39. The third kappa shape index (κ3) is 3.31. The molecule has 2 unspecified atom stereocenters. The molecule has 2 aromatic carbocycles. The predicted octanol–water partition coefficient (Wildman–Crippen LogP) is 3.90. The minimum absolute atomic E-state index is 0.0688. The summed E-state index contributed by atoms with van der Waals surface area (Å²) < 4.78 is 0. The molecule has 28 heavy (non-hydrogen) atoms. The zero-order valence-electron chi connectivity index (χ0n) is 15.6. The normalized spacial score (nSPS) is 22.5. The molecule has 6 heteroatoms. The fourth-order valence-corrected chi connectivity index (χ4v) is 4.30. The smallest absolute Gasteiger partial charge is 0.234 e. The SMILES string of the molecule is CC1CCN(c2ccc(-c3cccc(C4CCC(=O)NC4=O)c3Cl)cc2)C1=O. The maximum Gasteiger partial charge on any atom is 0.234 e. The van der Waals surface area contributed by atoms with Gasteiger partial charge in [-0.2, -0.15) is 0 Å². The Kier molecular flexibility index (Phi) is 4.94. The van der Waals surface area contributed by atoms with Crippen LogP contribution in [0.15, 0.2) is 42.5 Å². The second kappa shape index (κ2) is 7.40. The molecule has 2 heterocycles. The molecule has 2 aliphatic heterocycles. The Morgan fingerprint density at radius 2 is 1.79 bits per heavy atom. The van der Waals surface area contributed by atoms with Crippen molar-refractivity contribution >= 4 is 35.0 Å². The molecule has 0 aliphatic carbocycles. The molecule has 4 rings (SSSR count). The number of benzene rings is 2. The van der Waals surface area contributed by atoms with E-state index < -0.39 is 5.92 Å². The number of carbonyl (C=O) groups excluding carboxylic acids is 3. The summed E-state index contributed by atoms with van der Waals surface area (Å²) >= 11 is 6.66. The van der Waals surface area contributed by atoms with Crippen LogP contribution in [0.1, 0.15) is 37.7 Å². The first-order chi connectivity index (χ1) is 13.5. The average molecular weight is 397 g/mol. The number of halogens is 1. The van der Waals surface area contributed by atoms with E-state index in [1.54, 1.807) is 0 Å². The van der Waals surface area contributed by atoms with Crippen molar-refractivity contribution in [1.29, 1.82) is 0 Å². The average Bonchev–Trinajstić information content (AvgIpc) is 3.02. The third-order valence-electron chi connectivity index (χ3n) is 5.61. The molecule has 2 saturated heterocycles. The van der Waals surface area contributed by atoms with Crippen LogP contribution in [0.2, 0.25) is 5.02 Å². The molecule has 0 bridgehead atoms. The topological polar surface area (TPSA) is 66.5 Å². The number of hydrogen-bond donors (Lipinski definition) is 1. The molecular formula is C22H21ClN2O3. The summed E-state index contributed by atoms with van der Waals surface area (Å²) in [6, 6.07) is 13.4. The molecule has 2 aromatic rings. The number of hydrogen-bond acceptors (Lipinski definition) is 3. The molecule has 3 amide bonds. The van der Waals surface area contributed by atoms with Gasteiger partial charge in [-0.25, -0.2) is 0 Å². The van der Waals surface area contributed by atoms with E-state index in [4.69, 9.17) is 11.6 Å². The molecular weight excluding hydrogens is 376 g/mol. The highest BCUT2D eigenvalue weighted by Crippen LogP contribution is 2.38. The fourth-order valence-electron chi connectivity index (χ4n) is 3.93. The van der Waals surface area contributed by atoms with E-state index in [-0.39, 0.29) is 23.6 Å². The second-order valence-corrected chi connectivity index (χ2v) is 7.82. The van der Waals surface area contributed by atoms with Gasteiger partial charge in [0.2, 0.25) is 17.7 Å². The summed E-state index contributed by atoms with van der Waals surface area (Å²) in [6.45, 7) is 2.70. The van der Waals surface area contributed by atoms with Crippen molar-refractivity contribution in [1.82, 2.24) is 5.32 Å². The lowest BCUT2D eigenvalue weighted by atomic mass is 9.88. The molecule has 1 N–H and O–H groups in total. The van der Waals surface area contributed by atoms with Crippen LogP contribution in [0.5, 0.6) is 0 Å². The second-order valence-electron chi connectivity index (χ2n) is 7.44. The van der Waals surface area contributed by atoms with E-state index in [9.17, 15) is 14.4 Å². The number of nitrogens with zero attached hydrogens (tertiary/aromatic N) is 1. The molecule has 2 fully saturated rings. The molecule has 144 valence electrons. The Morgan fingerprint density at radius 3 is 2.43 bits per heavy atom. The molecule has 2 atom stereocenters. The van der Waals surface area contributed by atoms with Crippen LogP contribution in [0, 0.1) is 5.92 Å². The van der Waals surface area contributed by atoms with Gasteiger partial charge in [0.25, 0.3) is 0 Å². The van der Waals surface area contributed by atoms with Gasteiger partial charge in [0.1, 0.15) is 0 Å². The fraction of sp³-hybridized carbons (Fsp3) is 0.318. The van der Waals surface area contributed by atoms with Gasteiger partial charge in [-0.3, -0.25) is 19.7 Å². The van der Waals surface area contributed by atoms with Gasteiger partial charge in [-0.05, 0) is 36.1 Å². The van der Waals surface area contributed by atoms with Crippen molar-refractivity contribution in [3.05, 3.63) is 53.1 Å². The molecule has 0 spiro atoms. The highest BCUT2D eigenvalue weighted by molar-refractivity contribution is 6.34. The van der Waals surface area contributed by atoms with Crippen molar-refractivity contribution in [3.63, 3.8) is 0 Å². The first-order valence-corrected chi connectivity index (χ1v) is 9.87. The van der Waals surface area contributed by atoms with Gasteiger partial charge < -0.3 is 4.90 Å². The summed E-state index contributed by atoms with van der Waals surface area (Å²) in [6.07, 6.45) is 1.65. The summed E-state index contributed by atoms with van der Waals surface area (Å²) in [5.41, 5.74) is 3.37. The van der Waals surface area contributed by atoms with Gasteiger partial charge in [-0.1, -0.05) is 48.9 Å². The summed E-state index contributed by atoms with van der Waals surface area (Å²) in [4.78, 5) is 37.7. The lowest BCUT2D eigenvalue weighted by molar-refractivity contribution is -0.134. The number of nitrogens with one attached hydrogen (secondary N) is 1. The third-order valence-corrected chi connectivity index (χ3v) is 6.03. The molecule has 5 nitrogen and oxygen atoms in total. The molecule has 0 aromatic heterocycles. The van der Waals surface area contributed by atoms with Crippen LogP contribution in [-0.2, 0) is 14.4 Å². The Labute approximate surface area is 168 Å². The lowest BCUT2D eigenvalue weighted by Gasteiger charge is -2.23. The summed E-state index contributed by atoms with van der Waals surface area (Å²) in [7, 11) is 0. The van der Waals surface area contributed by atoms with Crippen LogP contribution >= 0.6 is 11.6 Å². The van der Waals surface area contributed by atoms with Crippen LogP contribution in [0.25, 0.3) is 11.1 Å². The predicted molar refractivity (Wildman–Crippen MR) is 108 cm³/mol. The molecule has 2 aliphatic rings. The van der Waals surface area contributed by atoms with Crippen LogP contribution in [-0.4, -0.2) is 24.3 Å². The number of carbonyl (C=O) groups is 3. The van der Waals surface area contributed by atoms with Gasteiger partial charge in [0, 0.05) is 30.1 Å². The number of amides is 3. The van der Waals surface area contributed by atoms with Gasteiger partial charge in [0.05, 0.1) is 10.9 Å². The first kappa shape index (κ1) is 18.7. The summed E-state index contributed by atoms with van der Waals surface area (Å²) in [5.74, 6) is -0.736. The number of piperidine rings is 1. The van der Waals surface area contributed by atoms with Crippen LogP contribution in [0.3, 0.4) is 0 Å². The van der Waals surface area contributed by atoms with Crippen molar-refractivity contribution in [2.75, 3.05) is 11.4 Å². The highest BCUT2D eigenvalue weighted by atomic mass is 35.5. The minimum Gasteiger partial charge on any atom is -0.312 e. The van der Waals surface area contributed by atoms with Gasteiger partial charge in [0.15, 0.2) is 0 Å². The largest absolute Gasteiger partial charge is 0.312 e. The summed E-state index contributed by atoms with van der Waals surface area (Å²) in [5, 5.41) is 2.91. The van der Waals surface area contributed by atoms with Crippen molar-refractivity contribution in [3.8, 4) is 11.1 Å². The monoisotopic (exact) mass is 396 g/mol. The van der Waals surface area contributed by atoms with Crippen LogP contribution < -0.4 is 10.2 Å². The van der Waals surface area contributed by atoms with E-state index in [2.05, 4.69) is 5.32 Å².